The van der Waals surface area contributed by atoms with Gasteiger partial charge in [0.25, 0.3) is 0 Å². The van der Waals surface area contributed by atoms with Crippen LogP contribution in [-0.2, 0) is 9.84 Å². The van der Waals surface area contributed by atoms with Gasteiger partial charge < -0.3 is 4.98 Å². The number of rotatable bonds is 3. The molecule has 3 aromatic carbocycles. The molecular weight excluding hydrogens is 370 g/mol. The van der Waals surface area contributed by atoms with Crippen molar-refractivity contribution in [3.63, 3.8) is 0 Å². The average Bonchev–Trinajstić information content (AvgIpc) is 3.07. The van der Waals surface area contributed by atoms with E-state index in [1.54, 1.807) is 31.2 Å². The summed E-state index contributed by atoms with van der Waals surface area (Å²) in [7, 11) is -3.73. The van der Waals surface area contributed by atoms with E-state index in [-0.39, 0.29) is 21.2 Å². The van der Waals surface area contributed by atoms with Crippen molar-refractivity contribution in [3.05, 3.63) is 77.9 Å². The van der Waals surface area contributed by atoms with Crippen molar-refractivity contribution in [1.82, 2.24) is 9.97 Å². The number of hydrogen-bond donors (Lipinski definition) is 1. The normalized spacial score (nSPS) is 11.8. The van der Waals surface area contributed by atoms with E-state index in [9.17, 15) is 17.2 Å². The summed E-state index contributed by atoms with van der Waals surface area (Å²) in [6, 6.07) is 14.6. The van der Waals surface area contributed by atoms with Crippen LogP contribution in [0.4, 0.5) is 8.78 Å². The lowest BCUT2D eigenvalue weighted by molar-refractivity contribution is 0.588. The second-order valence-electron chi connectivity index (χ2n) is 6.08. The fourth-order valence-electron chi connectivity index (χ4n) is 3.05. The van der Waals surface area contributed by atoms with Crippen LogP contribution in [0.2, 0.25) is 0 Å². The fourth-order valence-corrected chi connectivity index (χ4v) is 4.57. The maximum Gasteiger partial charge on any atom is 0.206 e. The lowest BCUT2D eigenvalue weighted by Crippen LogP contribution is -2.04. The molecule has 0 amide bonds. The largest absolute Gasteiger partial charge is 0.338 e. The molecular formula is C20H14F2N2O2S. The molecule has 1 heterocycles. The van der Waals surface area contributed by atoms with E-state index < -0.39 is 21.5 Å². The average molecular weight is 384 g/mol. The van der Waals surface area contributed by atoms with E-state index >= 15 is 0 Å². The molecule has 0 aliphatic rings. The zero-order chi connectivity index (χ0) is 19.2. The zero-order valence-electron chi connectivity index (χ0n) is 14.2. The Morgan fingerprint density at radius 3 is 2.22 bits per heavy atom. The van der Waals surface area contributed by atoms with Crippen LogP contribution < -0.4 is 0 Å². The third-order valence-electron chi connectivity index (χ3n) is 4.40. The van der Waals surface area contributed by atoms with Gasteiger partial charge >= 0.3 is 0 Å². The predicted octanol–water partition coefficient (Wildman–Crippen LogP) is 4.65. The summed E-state index contributed by atoms with van der Waals surface area (Å²) in [5.41, 5.74) is 0.984. The molecule has 0 radical (unpaired) electrons. The van der Waals surface area contributed by atoms with Crippen molar-refractivity contribution in [3.8, 4) is 11.4 Å². The summed E-state index contributed by atoms with van der Waals surface area (Å²) in [5.74, 6) is -1.48. The van der Waals surface area contributed by atoms with Crippen molar-refractivity contribution in [2.75, 3.05) is 0 Å². The Kier molecular flexibility index (Phi) is 4.04. The molecule has 4 rings (SSSR count). The Morgan fingerprint density at radius 1 is 0.889 bits per heavy atom. The molecule has 4 aromatic rings. The number of fused-ring (bicyclic) bond motifs is 1. The zero-order valence-corrected chi connectivity index (χ0v) is 15.0. The molecule has 136 valence electrons. The van der Waals surface area contributed by atoms with Gasteiger partial charge in [0.15, 0.2) is 0 Å². The minimum Gasteiger partial charge on any atom is -0.338 e. The van der Waals surface area contributed by atoms with Gasteiger partial charge in [-0.3, -0.25) is 0 Å². The summed E-state index contributed by atoms with van der Waals surface area (Å²) < 4.78 is 54.0. The number of sulfone groups is 1. The fraction of sp³-hybridized carbons (Fsp3) is 0.0500. The van der Waals surface area contributed by atoms with Gasteiger partial charge in [0.1, 0.15) is 17.5 Å². The third kappa shape index (κ3) is 2.80. The molecule has 1 aromatic heterocycles. The van der Waals surface area contributed by atoms with Crippen molar-refractivity contribution >= 4 is 20.9 Å². The number of benzene rings is 3. The maximum atomic E-state index is 14.1. The number of hydrogen-bond acceptors (Lipinski definition) is 3. The topological polar surface area (TPSA) is 62.8 Å². The lowest BCUT2D eigenvalue weighted by atomic mass is 10.2. The molecule has 0 fully saturated rings. The number of aromatic nitrogens is 2. The Hall–Kier alpha value is -3.06. The molecule has 27 heavy (non-hydrogen) atoms. The third-order valence-corrected chi connectivity index (χ3v) is 6.31. The summed E-state index contributed by atoms with van der Waals surface area (Å²) in [6.45, 7) is 1.63. The van der Waals surface area contributed by atoms with Gasteiger partial charge in [-0.15, -0.1) is 0 Å². The van der Waals surface area contributed by atoms with Crippen LogP contribution in [0.15, 0.2) is 70.5 Å². The second kappa shape index (κ2) is 6.28. The first-order valence-corrected chi connectivity index (χ1v) is 9.62. The van der Waals surface area contributed by atoms with Crippen LogP contribution >= 0.6 is 0 Å². The molecule has 0 aliphatic heterocycles. The minimum atomic E-state index is -3.73. The van der Waals surface area contributed by atoms with Gasteiger partial charge in [0, 0.05) is 0 Å². The molecule has 0 spiro atoms. The number of nitrogens with one attached hydrogen (secondary N) is 1. The lowest BCUT2D eigenvalue weighted by Gasteiger charge is -2.08. The summed E-state index contributed by atoms with van der Waals surface area (Å²) in [6.07, 6.45) is 0. The van der Waals surface area contributed by atoms with Gasteiger partial charge in [-0.05, 0) is 48.9 Å². The predicted molar refractivity (Wildman–Crippen MR) is 98.1 cm³/mol. The maximum absolute atomic E-state index is 14.1. The Balaban J connectivity index is 1.92. The van der Waals surface area contributed by atoms with E-state index in [4.69, 9.17) is 0 Å². The van der Waals surface area contributed by atoms with E-state index in [2.05, 4.69) is 9.97 Å². The van der Waals surface area contributed by atoms with Crippen molar-refractivity contribution in [2.45, 2.75) is 16.7 Å². The molecule has 0 bridgehead atoms. The van der Waals surface area contributed by atoms with E-state index in [0.29, 0.717) is 16.6 Å². The highest BCUT2D eigenvalue weighted by molar-refractivity contribution is 7.91. The Bertz CT molecular complexity index is 1250. The highest BCUT2D eigenvalue weighted by Crippen LogP contribution is 2.31. The Morgan fingerprint density at radius 2 is 1.56 bits per heavy atom. The quantitative estimate of drug-likeness (QED) is 0.559. The molecule has 0 atom stereocenters. The van der Waals surface area contributed by atoms with Gasteiger partial charge in [-0.1, -0.05) is 24.3 Å². The molecule has 0 saturated heterocycles. The molecule has 0 unspecified atom stereocenters. The van der Waals surface area contributed by atoms with Crippen LogP contribution in [0.25, 0.3) is 22.4 Å². The van der Waals surface area contributed by atoms with Crippen molar-refractivity contribution in [2.24, 2.45) is 0 Å². The van der Waals surface area contributed by atoms with Crippen LogP contribution in [0, 0.1) is 18.6 Å². The van der Waals surface area contributed by atoms with Gasteiger partial charge in [-0.2, -0.15) is 0 Å². The standard InChI is InChI=1S/C20H14F2N2O2S/c1-12-17(27(25,26)13-6-3-2-4-7-13)11-10-16-19(12)24-20(23-16)18-14(21)8-5-9-15(18)22/h2-11H,1H3,(H,23,24). The van der Waals surface area contributed by atoms with Crippen molar-refractivity contribution in [1.29, 1.82) is 0 Å². The first-order chi connectivity index (χ1) is 12.9. The highest BCUT2D eigenvalue weighted by Gasteiger charge is 2.23. The number of H-pyrrole nitrogens is 1. The highest BCUT2D eigenvalue weighted by atomic mass is 32.2. The first kappa shape index (κ1) is 17.4. The SMILES string of the molecule is Cc1c(S(=O)(=O)c2ccccc2)ccc2[nH]c(-c3c(F)cccc3F)nc12. The minimum absolute atomic E-state index is 0.0120. The summed E-state index contributed by atoms with van der Waals surface area (Å²) >= 11 is 0. The summed E-state index contributed by atoms with van der Waals surface area (Å²) in [5, 5.41) is 0. The first-order valence-electron chi connectivity index (χ1n) is 8.13. The van der Waals surface area contributed by atoms with Crippen LogP contribution in [0.1, 0.15) is 5.56 Å². The number of halogens is 2. The van der Waals surface area contributed by atoms with Gasteiger partial charge in [0.2, 0.25) is 9.84 Å². The van der Waals surface area contributed by atoms with Gasteiger partial charge in [0.05, 0.1) is 26.4 Å². The molecule has 4 nitrogen and oxygen atoms in total. The molecule has 0 aliphatic carbocycles. The number of imidazole rings is 1. The summed E-state index contributed by atoms with van der Waals surface area (Å²) in [4.78, 5) is 7.41. The number of aryl methyl sites for hydroxylation is 1. The number of nitrogens with zero attached hydrogens (tertiary/aromatic N) is 1. The van der Waals surface area contributed by atoms with E-state index in [1.807, 2.05) is 0 Å². The van der Waals surface area contributed by atoms with Crippen LogP contribution in [0.5, 0.6) is 0 Å². The Labute approximate surface area is 154 Å². The second-order valence-corrected chi connectivity index (χ2v) is 8.00. The number of aromatic amines is 1. The van der Waals surface area contributed by atoms with Crippen molar-refractivity contribution < 1.29 is 17.2 Å². The monoisotopic (exact) mass is 384 g/mol. The molecule has 7 heteroatoms. The smallest absolute Gasteiger partial charge is 0.206 e. The molecule has 1 N–H and O–H groups in total. The van der Waals surface area contributed by atoms with Gasteiger partial charge in [-0.25, -0.2) is 22.2 Å². The molecule has 0 saturated carbocycles. The van der Waals surface area contributed by atoms with Crippen LogP contribution in [0.3, 0.4) is 0 Å². The van der Waals surface area contributed by atoms with E-state index in [0.717, 1.165) is 12.1 Å². The van der Waals surface area contributed by atoms with Crippen LogP contribution in [-0.4, -0.2) is 18.4 Å². The van der Waals surface area contributed by atoms with E-state index in [1.165, 1.54) is 24.3 Å².